The zero-order valence-corrected chi connectivity index (χ0v) is 21.7. The van der Waals surface area contributed by atoms with Crippen molar-refractivity contribution in [3.8, 4) is 11.5 Å². The monoisotopic (exact) mass is 553 g/mol. The minimum atomic E-state index is -4.43. The molecule has 0 aliphatic carbocycles. The number of likely N-dealkylation sites (N-methyl/N-ethyl adjacent to an activating group) is 1. The van der Waals surface area contributed by atoms with Crippen LogP contribution in [0, 0.1) is 0 Å². The second kappa shape index (κ2) is 11.4. The molecule has 0 unspecified atom stereocenters. The SMILES string of the molecule is CN1CCN(C[C@H](NS(=O)(=O)c2ccc(Oc3ccc(C(F)(F)F)cc3)cc2)c2ccc(Cl)cc2)CC1. The van der Waals surface area contributed by atoms with E-state index in [1.165, 1.54) is 36.4 Å². The largest absolute Gasteiger partial charge is 0.457 e. The number of nitrogens with one attached hydrogen (secondary N) is 1. The van der Waals surface area contributed by atoms with Crippen LogP contribution in [0.15, 0.2) is 77.7 Å². The van der Waals surface area contributed by atoms with Crippen molar-refractivity contribution in [2.24, 2.45) is 0 Å². The third kappa shape index (κ3) is 7.45. The summed E-state index contributed by atoms with van der Waals surface area (Å²) in [4.78, 5) is 4.50. The first-order chi connectivity index (χ1) is 17.5. The first-order valence-electron chi connectivity index (χ1n) is 11.6. The Labute approximate surface area is 219 Å². The molecule has 1 aliphatic heterocycles. The van der Waals surface area contributed by atoms with Crippen LogP contribution in [0.1, 0.15) is 17.2 Å². The Morgan fingerprint density at radius 3 is 1.97 bits per heavy atom. The van der Waals surface area contributed by atoms with E-state index in [1.807, 2.05) is 12.1 Å². The van der Waals surface area contributed by atoms with Gasteiger partial charge in [-0.15, -0.1) is 0 Å². The van der Waals surface area contributed by atoms with Crippen LogP contribution in [-0.2, 0) is 16.2 Å². The molecule has 198 valence electrons. The van der Waals surface area contributed by atoms with Gasteiger partial charge in [-0.1, -0.05) is 23.7 Å². The van der Waals surface area contributed by atoms with Crippen molar-refractivity contribution >= 4 is 21.6 Å². The van der Waals surface area contributed by atoms with Crippen molar-refractivity contribution in [3.63, 3.8) is 0 Å². The summed E-state index contributed by atoms with van der Waals surface area (Å²) in [6.45, 7) is 3.97. The maximum atomic E-state index is 13.3. The number of benzene rings is 3. The summed E-state index contributed by atoms with van der Waals surface area (Å²) in [6, 6.07) is 16.6. The molecule has 1 fully saturated rings. The molecule has 0 radical (unpaired) electrons. The van der Waals surface area contributed by atoms with Crippen LogP contribution in [0.5, 0.6) is 11.5 Å². The van der Waals surface area contributed by atoms with Gasteiger partial charge in [0.05, 0.1) is 16.5 Å². The molecule has 0 saturated carbocycles. The quantitative estimate of drug-likeness (QED) is 0.404. The number of piperazine rings is 1. The Morgan fingerprint density at radius 2 is 1.43 bits per heavy atom. The lowest BCUT2D eigenvalue weighted by Gasteiger charge is -2.35. The van der Waals surface area contributed by atoms with Gasteiger partial charge in [-0.2, -0.15) is 13.2 Å². The molecule has 1 N–H and O–H groups in total. The van der Waals surface area contributed by atoms with E-state index in [1.54, 1.807) is 12.1 Å². The van der Waals surface area contributed by atoms with E-state index < -0.39 is 27.8 Å². The van der Waals surface area contributed by atoms with Crippen LogP contribution in [0.3, 0.4) is 0 Å². The third-order valence-electron chi connectivity index (χ3n) is 6.16. The highest BCUT2D eigenvalue weighted by Gasteiger charge is 2.30. The first kappa shape index (κ1) is 27.4. The van der Waals surface area contributed by atoms with E-state index >= 15 is 0 Å². The van der Waals surface area contributed by atoms with Gasteiger partial charge in [0.25, 0.3) is 0 Å². The molecule has 1 saturated heterocycles. The lowest BCUT2D eigenvalue weighted by molar-refractivity contribution is -0.137. The molecule has 0 amide bonds. The Kier molecular flexibility index (Phi) is 8.45. The van der Waals surface area contributed by atoms with Crippen LogP contribution >= 0.6 is 11.6 Å². The van der Waals surface area contributed by atoms with Gasteiger partial charge in [0.1, 0.15) is 11.5 Å². The highest BCUT2D eigenvalue weighted by molar-refractivity contribution is 7.89. The van der Waals surface area contributed by atoms with Crippen molar-refractivity contribution in [1.29, 1.82) is 0 Å². The zero-order valence-electron chi connectivity index (χ0n) is 20.1. The summed E-state index contributed by atoms with van der Waals surface area (Å²) in [5.41, 5.74) is 0.0216. The molecule has 4 rings (SSSR count). The van der Waals surface area contributed by atoms with E-state index in [4.69, 9.17) is 16.3 Å². The van der Waals surface area contributed by atoms with E-state index in [2.05, 4.69) is 21.6 Å². The fourth-order valence-corrected chi connectivity index (χ4v) is 5.33. The molecular formula is C26H27ClF3N3O3S. The van der Waals surface area contributed by atoms with Crippen molar-refractivity contribution in [2.75, 3.05) is 39.8 Å². The topological polar surface area (TPSA) is 61.9 Å². The number of halogens is 4. The van der Waals surface area contributed by atoms with E-state index in [0.717, 1.165) is 43.9 Å². The van der Waals surface area contributed by atoms with E-state index in [9.17, 15) is 21.6 Å². The highest BCUT2D eigenvalue weighted by atomic mass is 35.5. The number of hydrogen-bond acceptors (Lipinski definition) is 5. The minimum Gasteiger partial charge on any atom is -0.457 e. The molecule has 11 heteroatoms. The van der Waals surface area contributed by atoms with Crippen molar-refractivity contribution in [1.82, 2.24) is 14.5 Å². The molecule has 0 spiro atoms. The summed E-state index contributed by atoms with van der Waals surface area (Å²) < 4.78 is 73.2. The van der Waals surface area contributed by atoms with Crippen molar-refractivity contribution < 1.29 is 26.3 Å². The average Bonchev–Trinajstić information content (AvgIpc) is 2.85. The highest BCUT2D eigenvalue weighted by Crippen LogP contribution is 2.31. The molecule has 6 nitrogen and oxygen atoms in total. The van der Waals surface area contributed by atoms with Gasteiger partial charge >= 0.3 is 6.18 Å². The van der Waals surface area contributed by atoms with Gasteiger partial charge in [-0.25, -0.2) is 13.1 Å². The van der Waals surface area contributed by atoms with E-state index in [0.29, 0.717) is 17.3 Å². The second-order valence-corrected chi connectivity index (χ2v) is 11.1. The Bertz CT molecular complexity index is 1280. The molecule has 1 atom stereocenters. The smallest absolute Gasteiger partial charge is 0.416 e. The fourth-order valence-electron chi connectivity index (χ4n) is 3.98. The molecular weight excluding hydrogens is 527 g/mol. The van der Waals surface area contributed by atoms with Gasteiger partial charge in [0.15, 0.2) is 0 Å². The van der Waals surface area contributed by atoms with Gasteiger partial charge in [0, 0.05) is 37.7 Å². The number of rotatable bonds is 8. The number of sulfonamides is 1. The van der Waals surface area contributed by atoms with Crippen LogP contribution in [-0.4, -0.2) is 58.0 Å². The van der Waals surface area contributed by atoms with E-state index in [-0.39, 0.29) is 10.6 Å². The summed E-state index contributed by atoms with van der Waals surface area (Å²) >= 11 is 6.04. The van der Waals surface area contributed by atoms with Gasteiger partial charge in [-0.3, -0.25) is 4.90 Å². The Morgan fingerprint density at radius 1 is 0.892 bits per heavy atom. The molecule has 1 aliphatic rings. The van der Waals surface area contributed by atoms with Crippen LogP contribution < -0.4 is 9.46 Å². The average molecular weight is 554 g/mol. The van der Waals surface area contributed by atoms with Crippen LogP contribution in [0.4, 0.5) is 13.2 Å². The van der Waals surface area contributed by atoms with Gasteiger partial charge in [-0.05, 0) is 73.3 Å². The van der Waals surface area contributed by atoms with Crippen molar-refractivity contribution in [3.05, 3.63) is 88.9 Å². The predicted octanol–water partition coefficient (Wildman–Crippen LogP) is 5.42. The number of ether oxygens (including phenoxy) is 1. The Balaban J connectivity index is 1.47. The number of alkyl halides is 3. The molecule has 37 heavy (non-hydrogen) atoms. The summed E-state index contributed by atoms with van der Waals surface area (Å²) in [5, 5.41) is 0.564. The molecule has 0 bridgehead atoms. The molecule has 3 aromatic carbocycles. The van der Waals surface area contributed by atoms with Gasteiger partial charge in [0.2, 0.25) is 10.0 Å². The third-order valence-corrected chi connectivity index (χ3v) is 7.90. The maximum absolute atomic E-state index is 13.3. The molecule has 1 heterocycles. The zero-order chi connectivity index (χ0) is 26.6. The van der Waals surface area contributed by atoms with Gasteiger partial charge < -0.3 is 9.64 Å². The summed E-state index contributed by atoms with van der Waals surface area (Å²) in [7, 11) is -1.83. The lowest BCUT2D eigenvalue weighted by Crippen LogP contribution is -2.47. The standard InChI is InChI=1S/C26H27ClF3N3O3S/c1-32-14-16-33(17-15-32)18-25(19-2-6-21(27)7-3-19)31-37(34,35)24-12-10-23(11-13-24)36-22-8-4-20(5-9-22)26(28,29)30/h2-13,25,31H,14-18H2,1H3/t25-/m0/s1. The number of hydrogen-bond donors (Lipinski definition) is 1. The molecule has 0 aromatic heterocycles. The van der Waals surface area contributed by atoms with Crippen LogP contribution in [0.2, 0.25) is 5.02 Å². The Hall–Kier alpha value is -2.63. The normalized spacial score (nSPS) is 16.5. The predicted molar refractivity (Wildman–Crippen MR) is 136 cm³/mol. The fraction of sp³-hybridized carbons (Fsp3) is 0.308. The maximum Gasteiger partial charge on any atom is 0.416 e. The summed E-state index contributed by atoms with van der Waals surface area (Å²) in [6.07, 6.45) is -4.43. The van der Waals surface area contributed by atoms with Crippen LogP contribution in [0.25, 0.3) is 0 Å². The first-order valence-corrected chi connectivity index (χ1v) is 13.5. The lowest BCUT2D eigenvalue weighted by atomic mass is 10.1. The van der Waals surface area contributed by atoms with Crippen molar-refractivity contribution in [2.45, 2.75) is 17.1 Å². The second-order valence-electron chi connectivity index (χ2n) is 8.92. The number of nitrogens with zero attached hydrogens (tertiary/aromatic N) is 2. The molecule has 3 aromatic rings. The minimum absolute atomic E-state index is 0.0459. The summed E-state index contributed by atoms with van der Waals surface area (Å²) in [5.74, 6) is 0.502.